The number of nitrogens with zero attached hydrogens (tertiary/aromatic N) is 2. The monoisotopic (exact) mass is 224 g/mol. The number of primary amides is 1. The lowest BCUT2D eigenvalue weighted by Crippen LogP contribution is -2.31. The Bertz CT molecular complexity index is 433. The summed E-state index contributed by atoms with van der Waals surface area (Å²) in [5.41, 5.74) is 10.6. The van der Waals surface area contributed by atoms with Crippen LogP contribution in [0.5, 0.6) is 0 Å². The molecule has 0 spiro atoms. The van der Waals surface area contributed by atoms with E-state index in [1.807, 2.05) is 0 Å². The maximum absolute atomic E-state index is 10.8. The van der Waals surface area contributed by atoms with Crippen molar-refractivity contribution in [3.05, 3.63) is 28.3 Å². The van der Waals surface area contributed by atoms with E-state index in [4.69, 9.17) is 11.5 Å². The summed E-state index contributed by atoms with van der Waals surface area (Å²) in [5, 5.41) is 10.8. The van der Waals surface area contributed by atoms with Gasteiger partial charge in [0.15, 0.2) is 0 Å². The lowest BCUT2D eigenvalue weighted by atomic mass is 10.2. The van der Waals surface area contributed by atoms with Gasteiger partial charge in [-0.05, 0) is 12.1 Å². The zero-order valence-corrected chi connectivity index (χ0v) is 8.71. The Kier molecular flexibility index (Phi) is 3.29. The van der Waals surface area contributed by atoms with E-state index in [-0.39, 0.29) is 23.6 Å². The molecular weight excluding hydrogens is 212 g/mol. The first-order chi connectivity index (χ1) is 7.43. The number of nitro benzene ring substituents is 1. The fraction of sp³-hybridized carbons (Fsp3) is 0.222. The third kappa shape index (κ3) is 2.38. The number of likely N-dealkylation sites (N-methyl/N-ethyl adjacent to an activating group) is 1. The van der Waals surface area contributed by atoms with Crippen molar-refractivity contribution in [1.29, 1.82) is 0 Å². The number of nitrogen functional groups attached to an aromatic ring is 1. The van der Waals surface area contributed by atoms with E-state index < -0.39 is 10.8 Å². The molecule has 16 heavy (non-hydrogen) atoms. The topological polar surface area (TPSA) is 115 Å². The van der Waals surface area contributed by atoms with Crippen LogP contribution in [0.1, 0.15) is 0 Å². The van der Waals surface area contributed by atoms with Gasteiger partial charge in [-0.3, -0.25) is 14.9 Å². The average Bonchev–Trinajstić information content (AvgIpc) is 2.15. The zero-order chi connectivity index (χ0) is 12.3. The Morgan fingerprint density at radius 1 is 1.56 bits per heavy atom. The molecule has 0 atom stereocenters. The zero-order valence-electron chi connectivity index (χ0n) is 8.71. The molecule has 1 amide bonds. The molecule has 7 nitrogen and oxygen atoms in total. The van der Waals surface area contributed by atoms with Crippen molar-refractivity contribution >= 4 is 23.0 Å². The van der Waals surface area contributed by atoms with Crippen LogP contribution in [-0.2, 0) is 4.79 Å². The van der Waals surface area contributed by atoms with Crippen molar-refractivity contribution in [2.45, 2.75) is 0 Å². The number of amides is 1. The lowest BCUT2D eigenvalue weighted by Gasteiger charge is -2.17. The second-order valence-corrected chi connectivity index (χ2v) is 3.29. The third-order valence-electron chi connectivity index (χ3n) is 2.03. The summed E-state index contributed by atoms with van der Waals surface area (Å²) < 4.78 is 0. The van der Waals surface area contributed by atoms with Crippen molar-refractivity contribution in [3.8, 4) is 0 Å². The van der Waals surface area contributed by atoms with Crippen molar-refractivity contribution in [3.63, 3.8) is 0 Å². The van der Waals surface area contributed by atoms with E-state index >= 15 is 0 Å². The molecule has 0 aliphatic rings. The van der Waals surface area contributed by atoms with Crippen molar-refractivity contribution in [2.75, 3.05) is 24.2 Å². The maximum Gasteiger partial charge on any atom is 0.315 e. The normalized spacial score (nSPS) is 9.81. The largest absolute Gasteiger partial charge is 0.393 e. The SMILES string of the molecule is CN(CC(N)=O)c1cccc(N)c1[N+](=O)[O-]. The van der Waals surface area contributed by atoms with Gasteiger partial charge in [0, 0.05) is 7.05 Å². The highest BCUT2D eigenvalue weighted by molar-refractivity contribution is 5.83. The Hall–Kier alpha value is -2.31. The molecule has 0 saturated heterocycles. The number of rotatable bonds is 4. The Labute approximate surface area is 91.8 Å². The predicted octanol–water partition coefficient (Wildman–Crippen LogP) is 0.0985. The number of carbonyl (C=O) groups is 1. The van der Waals surface area contributed by atoms with E-state index in [0.29, 0.717) is 0 Å². The minimum absolute atomic E-state index is 0.0545. The number of hydrogen-bond acceptors (Lipinski definition) is 5. The van der Waals surface area contributed by atoms with Gasteiger partial charge >= 0.3 is 5.69 Å². The summed E-state index contributed by atoms with van der Waals surface area (Å²) in [6, 6.07) is 4.52. The van der Waals surface area contributed by atoms with E-state index in [0.717, 1.165) is 0 Å². The Morgan fingerprint density at radius 3 is 2.69 bits per heavy atom. The van der Waals surface area contributed by atoms with Gasteiger partial charge in [0.25, 0.3) is 0 Å². The second-order valence-electron chi connectivity index (χ2n) is 3.29. The van der Waals surface area contributed by atoms with Crippen LogP contribution in [0.15, 0.2) is 18.2 Å². The van der Waals surface area contributed by atoms with E-state index in [1.165, 1.54) is 24.1 Å². The number of para-hydroxylation sites is 1. The smallest absolute Gasteiger partial charge is 0.315 e. The van der Waals surface area contributed by atoms with Crippen LogP contribution in [-0.4, -0.2) is 24.4 Å². The lowest BCUT2D eigenvalue weighted by molar-refractivity contribution is -0.383. The number of hydrogen-bond donors (Lipinski definition) is 2. The summed E-state index contributed by atoms with van der Waals surface area (Å²) in [7, 11) is 1.53. The predicted molar refractivity (Wildman–Crippen MR) is 60.0 cm³/mol. The van der Waals surface area contributed by atoms with Gasteiger partial charge < -0.3 is 16.4 Å². The molecule has 1 aromatic carbocycles. The molecule has 86 valence electrons. The molecule has 0 radical (unpaired) electrons. The quantitative estimate of drug-likeness (QED) is 0.427. The Morgan fingerprint density at radius 2 is 2.19 bits per heavy atom. The summed E-state index contributed by atoms with van der Waals surface area (Å²) >= 11 is 0. The number of nitrogens with two attached hydrogens (primary N) is 2. The van der Waals surface area contributed by atoms with Gasteiger partial charge in [-0.2, -0.15) is 0 Å². The molecule has 0 fully saturated rings. The number of nitro groups is 1. The first-order valence-electron chi connectivity index (χ1n) is 4.45. The fourth-order valence-corrected chi connectivity index (χ4v) is 1.37. The number of carbonyl (C=O) groups excluding carboxylic acids is 1. The first kappa shape index (κ1) is 11.8. The fourth-order valence-electron chi connectivity index (χ4n) is 1.37. The van der Waals surface area contributed by atoms with Crippen LogP contribution in [0.2, 0.25) is 0 Å². The average molecular weight is 224 g/mol. The van der Waals surface area contributed by atoms with E-state index in [9.17, 15) is 14.9 Å². The first-order valence-corrected chi connectivity index (χ1v) is 4.45. The van der Waals surface area contributed by atoms with Gasteiger partial charge in [-0.15, -0.1) is 0 Å². The molecular formula is C9H12N4O3. The number of benzene rings is 1. The maximum atomic E-state index is 10.8. The van der Waals surface area contributed by atoms with Crippen molar-refractivity contribution in [1.82, 2.24) is 0 Å². The van der Waals surface area contributed by atoms with Gasteiger partial charge in [0.2, 0.25) is 5.91 Å². The second kappa shape index (κ2) is 4.47. The molecule has 0 saturated carbocycles. The summed E-state index contributed by atoms with van der Waals surface area (Å²) in [4.78, 5) is 22.3. The summed E-state index contributed by atoms with van der Waals surface area (Å²) in [6.07, 6.45) is 0. The molecule has 0 aliphatic carbocycles. The Balaban J connectivity index is 3.17. The molecule has 0 unspecified atom stereocenters. The van der Waals surface area contributed by atoms with Crippen LogP contribution in [0.3, 0.4) is 0 Å². The van der Waals surface area contributed by atoms with Crippen LogP contribution < -0.4 is 16.4 Å². The summed E-state index contributed by atoms with van der Waals surface area (Å²) in [5.74, 6) is -0.570. The highest BCUT2D eigenvalue weighted by Gasteiger charge is 2.20. The minimum Gasteiger partial charge on any atom is -0.393 e. The molecule has 0 bridgehead atoms. The number of anilines is 2. The molecule has 0 heterocycles. The van der Waals surface area contributed by atoms with Gasteiger partial charge in [-0.25, -0.2) is 0 Å². The van der Waals surface area contributed by atoms with Crippen LogP contribution in [0.4, 0.5) is 17.1 Å². The molecule has 0 aliphatic heterocycles. The van der Waals surface area contributed by atoms with Crippen LogP contribution >= 0.6 is 0 Å². The molecule has 4 N–H and O–H groups in total. The molecule has 7 heteroatoms. The van der Waals surface area contributed by atoms with Gasteiger partial charge in [-0.1, -0.05) is 6.07 Å². The molecule has 1 aromatic rings. The molecule has 1 rings (SSSR count). The highest BCUT2D eigenvalue weighted by Crippen LogP contribution is 2.32. The van der Waals surface area contributed by atoms with Crippen molar-refractivity contribution in [2.24, 2.45) is 5.73 Å². The summed E-state index contributed by atoms with van der Waals surface area (Å²) in [6.45, 7) is -0.107. The van der Waals surface area contributed by atoms with Crippen LogP contribution in [0, 0.1) is 10.1 Å². The minimum atomic E-state index is -0.581. The van der Waals surface area contributed by atoms with Crippen LogP contribution in [0.25, 0.3) is 0 Å². The molecule has 0 aromatic heterocycles. The van der Waals surface area contributed by atoms with E-state index in [1.54, 1.807) is 6.07 Å². The van der Waals surface area contributed by atoms with E-state index in [2.05, 4.69) is 0 Å². The van der Waals surface area contributed by atoms with Crippen molar-refractivity contribution < 1.29 is 9.72 Å². The third-order valence-corrected chi connectivity index (χ3v) is 2.03. The van der Waals surface area contributed by atoms with Gasteiger partial charge in [0.05, 0.1) is 11.5 Å². The van der Waals surface area contributed by atoms with Gasteiger partial charge in [0.1, 0.15) is 11.4 Å². The standard InChI is InChI=1S/C9H12N4O3/c1-12(5-8(11)14)7-4-2-3-6(10)9(7)13(15)16/h2-4H,5,10H2,1H3,(H2,11,14). The highest BCUT2D eigenvalue weighted by atomic mass is 16.6.